The minimum Gasteiger partial charge on any atom is -0.477 e. The average Bonchev–Trinajstić information content (AvgIpc) is 3.30. The molecule has 0 saturated carbocycles. The number of aromatic nitrogens is 1. The lowest BCUT2D eigenvalue weighted by atomic mass is 10.0. The maximum atomic E-state index is 12.9. The lowest BCUT2D eigenvalue weighted by Crippen LogP contribution is -2.71. The summed E-state index contributed by atoms with van der Waals surface area (Å²) in [6.45, 7) is 0.828. The van der Waals surface area contributed by atoms with Gasteiger partial charge < -0.3 is 35.7 Å². The van der Waals surface area contributed by atoms with E-state index in [2.05, 4.69) is 15.5 Å². The Morgan fingerprint density at radius 2 is 2.06 bits per heavy atom. The Kier molecular flexibility index (Phi) is 6.56. The second-order valence-corrected chi connectivity index (χ2v) is 10.6. The average molecular weight is 514 g/mol. The minimum absolute atomic E-state index is 0.118. The summed E-state index contributed by atoms with van der Waals surface area (Å²) in [5.74, 6) is -2.18. The third-order valence-corrected chi connectivity index (χ3v) is 7.98. The van der Waals surface area contributed by atoms with Crippen LogP contribution in [0.2, 0.25) is 0 Å². The molecule has 0 bridgehead atoms. The first-order valence-corrected chi connectivity index (χ1v) is 12.2. The van der Waals surface area contributed by atoms with Crippen molar-refractivity contribution in [2.24, 2.45) is 5.16 Å². The van der Waals surface area contributed by atoms with E-state index in [9.17, 15) is 29.7 Å². The molecule has 34 heavy (non-hydrogen) atoms. The molecule has 15 heteroatoms. The molecule has 0 radical (unpaired) electrons. The number of nitrogen functional groups attached to an aromatic ring is 1. The number of anilines is 1. The van der Waals surface area contributed by atoms with Gasteiger partial charge in [0.1, 0.15) is 61.8 Å². The van der Waals surface area contributed by atoms with E-state index >= 15 is 0 Å². The molecule has 2 amide bonds. The number of carboxylic acids is 1. The molecule has 4 rings (SSSR count). The van der Waals surface area contributed by atoms with Crippen LogP contribution in [0.15, 0.2) is 21.8 Å². The van der Waals surface area contributed by atoms with E-state index in [0.717, 1.165) is 11.3 Å². The summed E-state index contributed by atoms with van der Waals surface area (Å²) in [6, 6.07) is -0.952. The molecule has 1 aromatic heterocycles. The Labute approximate surface area is 202 Å². The topological polar surface area (TPSA) is 188 Å². The van der Waals surface area contributed by atoms with Crippen molar-refractivity contribution < 1.29 is 39.0 Å². The molecule has 1 unspecified atom stereocenters. The van der Waals surface area contributed by atoms with Crippen molar-refractivity contribution in [1.29, 1.82) is 0 Å². The highest BCUT2D eigenvalue weighted by atomic mass is 32.2. The quantitative estimate of drug-likeness (QED) is 0.118. The number of carboxylic acid groups (broad SMARTS) is 1. The smallest absolute Gasteiger partial charge is 0.352 e. The predicted octanol–water partition coefficient (Wildman–Crippen LogP) is -2.00. The Morgan fingerprint density at radius 3 is 2.62 bits per heavy atom. The predicted molar refractivity (Wildman–Crippen MR) is 123 cm³/mol. The first-order chi connectivity index (χ1) is 16.0. The molecular weight excluding hydrogens is 488 g/mol. The summed E-state index contributed by atoms with van der Waals surface area (Å²) in [5.41, 5.74) is 6.09. The van der Waals surface area contributed by atoms with Gasteiger partial charge in [0, 0.05) is 16.7 Å². The zero-order chi connectivity index (χ0) is 24.8. The summed E-state index contributed by atoms with van der Waals surface area (Å²) in [4.78, 5) is 47.8. The van der Waals surface area contributed by atoms with Crippen LogP contribution in [0.5, 0.6) is 0 Å². The van der Waals surface area contributed by atoms with Crippen molar-refractivity contribution in [1.82, 2.24) is 15.2 Å². The molecule has 4 atom stereocenters. The number of nitrogens with two attached hydrogens (primary N) is 1. The third-order valence-electron chi connectivity index (χ3n) is 5.97. The molecule has 3 aliphatic heterocycles. The van der Waals surface area contributed by atoms with E-state index < -0.39 is 41.4 Å². The van der Waals surface area contributed by atoms with Crippen LogP contribution in [-0.2, 0) is 19.2 Å². The van der Waals surface area contributed by atoms with Gasteiger partial charge in [-0.25, -0.2) is 9.78 Å². The second kappa shape index (κ2) is 9.14. The highest BCUT2D eigenvalue weighted by molar-refractivity contribution is 8.00. The molecule has 184 valence electrons. The normalized spacial score (nSPS) is 28.4. The van der Waals surface area contributed by atoms with Crippen molar-refractivity contribution >= 4 is 51.7 Å². The molecule has 13 nitrogen and oxygen atoms in total. The number of thioether (sulfide) groups is 1. The van der Waals surface area contributed by atoms with Crippen LogP contribution in [0.3, 0.4) is 0 Å². The maximum absolute atomic E-state index is 12.9. The largest absolute Gasteiger partial charge is 0.477 e. The minimum atomic E-state index is -1.25. The van der Waals surface area contributed by atoms with Gasteiger partial charge in [-0.05, 0) is 0 Å². The van der Waals surface area contributed by atoms with E-state index in [4.69, 9.17) is 10.6 Å². The zero-order valence-electron chi connectivity index (χ0n) is 18.4. The summed E-state index contributed by atoms with van der Waals surface area (Å²) in [7, 11) is 3.09. The molecule has 2 fully saturated rings. The van der Waals surface area contributed by atoms with Crippen LogP contribution >= 0.6 is 23.1 Å². The van der Waals surface area contributed by atoms with Crippen LogP contribution < -0.4 is 11.1 Å². The van der Waals surface area contributed by atoms with Crippen molar-refractivity contribution in [2.75, 3.05) is 45.3 Å². The number of β-lactam (4-membered cyclic amide) rings is 1. The molecule has 0 aromatic carbocycles. The maximum Gasteiger partial charge on any atom is 0.352 e. The number of nitrogens with zero attached hydrogens (tertiary/aromatic N) is 4. The number of oxime groups is 1. The first-order valence-electron chi connectivity index (χ1n) is 10.3. The van der Waals surface area contributed by atoms with E-state index in [1.54, 1.807) is 0 Å². The van der Waals surface area contributed by atoms with Gasteiger partial charge in [0.15, 0.2) is 10.8 Å². The Bertz CT molecular complexity index is 1080. The number of rotatable bonds is 7. The van der Waals surface area contributed by atoms with Gasteiger partial charge in [-0.3, -0.25) is 14.5 Å². The number of aliphatic carboxylic acids is 1. The molecule has 0 aliphatic carbocycles. The van der Waals surface area contributed by atoms with Gasteiger partial charge in [0.25, 0.3) is 11.8 Å². The summed E-state index contributed by atoms with van der Waals surface area (Å²) in [5, 5.41) is 37.2. The van der Waals surface area contributed by atoms with Gasteiger partial charge in [-0.15, -0.1) is 23.1 Å². The number of carbonyl (C=O) groups is 3. The fourth-order valence-electron chi connectivity index (χ4n) is 4.52. The molecule has 6 N–H and O–H groups in total. The fraction of sp³-hybridized carbons (Fsp3) is 0.526. The monoisotopic (exact) mass is 513 g/mol. The van der Waals surface area contributed by atoms with E-state index in [1.165, 1.54) is 29.2 Å². The Hall–Kier alpha value is -2.72. The molecular formula is C19H25N6O7S2+. The number of likely N-dealkylation sites (N-methyl/N-ethyl adjacent to an activating group) is 1. The van der Waals surface area contributed by atoms with Gasteiger partial charge in [0.2, 0.25) is 0 Å². The number of likely N-dealkylation sites (tertiary alicyclic amines) is 1. The number of carbonyl (C=O) groups excluding carboxylic acids is 2. The lowest BCUT2D eigenvalue weighted by Gasteiger charge is -2.49. The molecule has 2 saturated heterocycles. The van der Waals surface area contributed by atoms with Gasteiger partial charge in [-0.1, -0.05) is 5.16 Å². The van der Waals surface area contributed by atoms with Crippen molar-refractivity contribution in [3.05, 3.63) is 22.3 Å². The standard InChI is InChI=1S/C19H24N6O7S2/c1-25(4-10(26)11(27)5-25)3-8-6-33-17-13(16(29)24(17)14(8)18(30)31)22-15(28)12(23-32-2)9-7-34-19(20)21-9/h7,10-11,13,17,26-27H,3-6H2,1-2H3,(H3-,20,21,22,28,30,31)/p+1/b23-12-/t10-,11-,13?,17+/m0/s1. The number of nitrogens with one attached hydrogen (secondary N) is 1. The number of amides is 2. The number of fused-ring (bicyclic) bond motifs is 1. The summed E-state index contributed by atoms with van der Waals surface area (Å²) < 4.78 is 0.259. The van der Waals surface area contributed by atoms with Crippen molar-refractivity contribution in [3.8, 4) is 0 Å². The Balaban J connectivity index is 1.52. The van der Waals surface area contributed by atoms with E-state index in [1.807, 2.05) is 7.05 Å². The highest BCUT2D eigenvalue weighted by Gasteiger charge is 2.55. The number of quaternary nitrogens is 1. The van der Waals surface area contributed by atoms with Crippen molar-refractivity contribution in [2.45, 2.75) is 23.6 Å². The van der Waals surface area contributed by atoms with Crippen LogP contribution in [0.4, 0.5) is 5.13 Å². The van der Waals surface area contributed by atoms with E-state index in [-0.39, 0.29) is 46.4 Å². The number of aliphatic hydroxyl groups is 2. The number of thiazole rings is 1. The number of aliphatic hydroxyl groups excluding tert-OH is 2. The van der Waals surface area contributed by atoms with Gasteiger partial charge in [0.05, 0.1) is 7.05 Å². The SMILES string of the molecule is CO/N=C(\C(=O)NC1C(=O)N2C(C(=O)O)=C(C[N+]3(C)C[C@H](O)[C@@H](O)C3)CS[C@H]12)c1csc(N)n1. The van der Waals surface area contributed by atoms with E-state index in [0.29, 0.717) is 11.3 Å². The fourth-order valence-corrected chi connectivity index (χ4v) is 6.40. The molecule has 4 heterocycles. The van der Waals surface area contributed by atoms with Gasteiger partial charge in [-0.2, -0.15) is 0 Å². The van der Waals surface area contributed by atoms with Crippen LogP contribution in [0.25, 0.3) is 0 Å². The van der Waals surface area contributed by atoms with Crippen LogP contribution in [0, 0.1) is 0 Å². The summed E-state index contributed by atoms with van der Waals surface area (Å²) in [6.07, 6.45) is -1.77. The van der Waals surface area contributed by atoms with Crippen LogP contribution in [0.1, 0.15) is 5.69 Å². The zero-order valence-corrected chi connectivity index (χ0v) is 20.0. The molecule has 0 spiro atoms. The highest BCUT2D eigenvalue weighted by Crippen LogP contribution is 2.41. The molecule has 1 aromatic rings. The van der Waals surface area contributed by atoms with Crippen molar-refractivity contribution in [3.63, 3.8) is 0 Å². The first kappa shape index (κ1) is 24.4. The third kappa shape index (κ3) is 4.36. The molecule has 3 aliphatic rings. The summed E-state index contributed by atoms with van der Waals surface area (Å²) >= 11 is 2.45. The van der Waals surface area contributed by atoms with Crippen LogP contribution in [-0.4, -0.2) is 116 Å². The lowest BCUT2D eigenvalue weighted by molar-refractivity contribution is -0.895. The second-order valence-electron chi connectivity index (χ2n) is 8.59. The number of hydrogen-bond acceptors (Lipinski definition) is 11. The van der Waals surface area contributed by atoms with Gasteiger partial charge >= 0.3 is 5.97 Å². The number of hydrogen-bond donors (Lipinski definition) is 5. The Morgan fingerprint density at radius 1 is 1.38 bits per heavy atom.